The van der Waals surface area contributed by atoms with Gasteiger partial charge in [-0.15, -0.1) is 11.3 Å². The van der Waals surface area contributed by atoms with E-state index in [9.17, 15) is 5.11 Å². The molecular formula is C17H23NOS. The molecule has 108 valence electrons. The molecule has 1 N–H and O–H groups in total. The topological polar surface area (TPSA) is 23.5 Å². The molecule has 3 rings (SSSR count). The van der Waals surface area contributed by atoms with Crippen LogP contribution in [0.5, 0.6) is 0 Å². The van der Waals surface area contributed by atoms with Crippen molar-refractivity contribution in [2.24, 2.45) is 0 Å². The summed E-state index contributed by atoms with van der Waals surface area (Å²) in [5.74, 6) is 0. The fraction of sp³-hybridized carbons (Fsp3) is 0.529. The second-order valence-corrected chi connectivity index (χ2v) is 7.21. The molecule has 1 aliphatic heterocycles. The zero-order chi connectivity index (χ0) is 14.2. The minimum atomic E-state index is -0.442. The number of rotatable bonds is 3. The highest BCUT2D eigenvalue weighted by Crippen LogP contribution is 2.37. The Kier molecular flexibility index (Phi) is 3.85. The molecule has 0 aliphatic carbocycles. The third kappa shape index (κ3) is 2.39. The Morgan fingerprint density at radius 1 is 1.15 bits per heavy atom. The number of hydrogen-bond acceptors (Lipinski definition) is 3. The summed E-state index contributed by atoms with van der Waals surface area (Å²) in [6, 6.07) is 8.38. The third-order valence-electron chi connectivity index (χ3n) is 4.64. The fourth-order valence-electron chi connectivity index (χ4n) is 3.26. The number of thiophene rings is 1. The van der Waals surface area contributed by atoms with E-state index in [4.69, 9.17) is 0 Å². The van der Waals surface area contributed by atoms with Crippen LogP contribution < -0.4 is 0 Å². The maximum atomic E-state index is 11.0. The Morgan fingerprint density at radius 3 is 2.65 bits per heavy atom. The number of fused-ring (bicyclic) bond motifs is 1. The second kappa shape index (κ2) is 5.47. The zero-order valence-corrected chi connectivity index (χ0v) is 13.1. The highest BCUT2D eigenvalue weighted by Gasteiger charge is 2.36. The van der Waals surface area contributed by atoms with Crippen molar-refractivity contribution in [2.45, 2.75) is 44.8 Å². The molecule has 1 aromatic carbocycles. The molecule has 1 aliphatic rings. The van der Waals surface area contributed by atoms with Crippen LogP contribution in [-0.2, 0) is 0 Å². The van der Waals surface area contributed by atoms with E-state index < -0.39 is 6.10 Å². The molecule has 2 aromatic rings. The first kappa shape index (κ1) is 14.1. The van der Waals surface area contributed by atoms with Crippen LogP contribution in [0.3, 0.4) is 0 Å². The highest BCUT2D eigenvalue weighted by molar-refractivity contribution is 7.17. The minimum Gasteiger partial charge on any atom is -0.386 e. The van der Waals surface area contributed by atoms with Gasteiger partial charge in [-0.25, -0.2) is 0 Å². The van der Waals surface area contributed by atoms with Gasteiger partial charge in [0.25, 0.3) is 0 Å². The maximum Gasteiger partial charge on any atom is 0.0982 e. The van der Waals surface area contributed by atoms with Crippen molar-refractivity contribution in [1.82, 2.24) is 4.90 Å². The smallest absolute Gasteiger partial charge is 0.0982 e. The number of hydrogen-bond donors (Lipinski definition) is 1. The van der Waals surface area contributed by atoms with Gasteiger partial charge in [0.1, 0.15) is 0 Å². The van der Waals surface area contributed by atoms with Crippen molar-refractivity contribution >= 4 is 21.4 Å². The number of likely N-dealkylation sites (tertiary alicyclic amines) is 1. The van der Waals surface area contributed by atoms with Gasteiger partial charge in [-0.3, -0.25) is 4.90 Å². The minimum absolute atomic E-state index is 0.210. The summed E-state index contributed by atoms with van der Waals surface area (Å²) in [6.07, 6.45) is 3.38. The summed E-state index contributed by atoms with van der Waals surface area (Å²) in [4.78, 5) is 2.45. The number of aliphatic hydroxyl groups is 1. The van der Waals surface area contributed by atoms with Crippen molar-refractivity contribution in [3.8, 4) is 0 Å². The molecule has 1 unspecified atom stereocenters. The Morgan fingerprint density at radius 2 is 1.90 bits per heavy atom. The molecule has 2 nitrogen and oxygen atoms in total. The maximum absolute atomic E-state index is 11.0. The normalized spacial score (nSPS) is 19.4. The van der Waals surface area contributed by atoms with Gasteiger partial charge in [-0.05, 0) is 56.6 Å². The van der Waals surface area contributed by atoms with Gasteiger partial charge in [0.2, 0.25) is 0 Å². The predicted octanol–water partition coefficient (Wildman–Crippen LogP) is 4.20. The number of nitrogens with zero attached hydrogens (tertiary/aromatic N) is 1. The fourth-order valence-corrected chi connectivity index (χ4v) is 4.19. The van der Waals surface area contributed by atoms with Gasteiger partial charge < -0.3 is 5.11 Å². The zero-order valence-electron chi connectivity index (χ0n) is 12.3. The first-order valence-electron chi connectivity index (χ1n) is 7.50. The number of aliphatic hydroxyl groups excluding tert-OH is 1. The van der Waals surface area contributed by atoms with E-state index in [0.29, 0.717) is 0 Å². The molecule has 0 radical (unpaired) electrons. The Hall–Kier alpha value is -0.900. The number of piperidine rings is 1. The van der Waals surface area contributed by atoms with Gasteiger partial charge in [0.15, 0.2) is 0 Å². The van der Waals surface area contributed by atoms with Crippen molar-refractivity contribution in [3.63, 3.8) is 0 Å². The summed E-state index contributed by atoms with van der Waals surface area (Å²) in [5, 5.41) is 14.3. The molecule has 20 heavy (non-hydrogen) atoms. The van der Waals surface area contributed by atoms with E-state index in [2.05, 4.69) is 48.4 Å². The van der Waals surface area contributed by atoms with Crippen molar-refractivity contribution in [1.29, 1.82) is 0 Å². The number of benzene rings is 1. The lowest BCUT2D eigenvalue weighted by molar-refractivity contribution is -0.0200. The summed E-state index contributed by atoms with van der Waals surface area (Å²) < 4.78 is 1.23. The van der Waals surface area contributed by atoms with Crippen molar-refractivity contribution in [3.05, 3.63) is 35.2 Å². The average molecular weight is 289 g/mol. The molecule has 0 amide bonds. The lowest BCUT2D eigenvalue weighted by Gasteiger charge is -2.44. The lowest BCUT2D eigenvalue weighted by Crippen LogP contribution is -2.50. The Balaban J connectivity index is 1.94. The van der Waals surface area contributed by atoms with Crippen LogP contribution in [0.25, 0.3) is 10.1 Å². The van der Waals surface area contributed by atoms with Crippen LogP contribution in [0.1, 0.15) is 44.8 Å². The standard InChI is InChI=1S/C17H23NOS/c1-17(2,18-10-4-3-5-11-18)16(19)14-8-6-7-13-9-12-20-15(13)14/h6-9,12,16,19H,3-5,10-11H2,1-2H3. The molecule has 1 aromatic heterocycles. The molecule has 3 heteroatoms. The van der Waals surface area contributed by atoms with Crippen LogP contribution >= 0.6 is 11.3 Å². The third-order valence-corrected chi connectivity index (χ3v) is 5.62. The quantitative estimate of drug-likeness (QED) is 0.915. The van der Waals surface area contributed by atoms with Crippen LogP contribution in [0.2, 0.25) is 0 Å². The second-order valence-electron chi connectivity index (χ2n) is 6.29. The molecule has 1 fully saturated rings. The first-order valence-corrected chi connectivity index (χ1v) is 8.38. The SMILES string of the molecule is CC(C)(C(O)c1cccc2ccsc12)N1CCCCC1. The average Bonchev–Trinajstić information content (AvgIpc) is 2.95. The van der Waals surface area contributed by atoms with Gasteiger partial charge in [0.05, 0.1) is 6.10 Å². The van der Waals surface area contributed by atoms with E-state index in [-0.39, 0.29) is 5.54 Å². The Bertz CT molecular complexity index is 583. The van der Waals surface area contributed by atoms with Gasteiger partial charge in [-0.2, -0.15) is 0 Å². The summed E-state index contributed by atoms with van der Waals surface area (Å²) >= 11 is 1.73. The highest BCUT2D eigenvalue weighted by atomic mass is 32.1. The van der Waals surface area contributed by atoms with Crippen LogP contribution in [-0.4, -0.2) is 28.6 Å². The van der Waals surface area contributed by atoms with Crippen molar-refractivity contribution < 1.29 is 5.11 Å². The first-order chi connectivity index (χ1) is 9.60. The Labute approximate surface area is 125 Å². The van der Waals surface area contributed by atoms with E-state index in [1.807, 2.05) is 0 Å². The lowest BCUT2D eigenvalue weighted by atomic mass is 9.87. The van der Waals surface area contributed by atoms with E-state index in [1.165, 1.54) is 29.3 Å². The molecule has 0 bridgehead atoms. The van der Waals surface area contributed by atoms with E-state index in [1.54, 1.807) is 11.3 Å². The van der Waals surface area contributed by atoms with E-state index >= 15 is 0 Å². The van der Waals surface area contributed by atoms with Crippen LogP contribution in [0.4, 0.5) is 0 Å². The largest absolute Gasteiger partial charge is 0.386 e. The van der Waals surface area contributed by atoms with Crippen LogP contribution in [0.15, 0.2) is 29.6 Å². The van der Waals surface area contributed by atoms with Gasteiger partial charge in [-0.1, -0.05) is 24.6 Å². The molecule has 1 saturated heterocycles. The summed E-state index contributed by atoms with van der Waals surface area (Å²) in [6.45, 7) is 6.56. The van der Waals surface area contributed by atoms with Gasteiger partial charge >= 0.3 is 0 Å². The van der Waals surface area contributed by atoms with Gasteiger partial charge in [0, 0.05) is 15.8 Å². The molecule has 2 heterocycles. The molecule has 0 saturated carbocycles. The predicted molar refractivity (Wildman–Crippen MR) is 86.3 cm³/mol. The monoisotopic (exact) mass is 289 g/mol. The molecule has 0 spiro atoms. The van der Waals surface area contributed by atoms with Crippen molar-refractivity contribution in [2.75, 3.05) is 13.1 Å². The summed E-state index contributed by atoms with van der Waals surface area (Å²) in [5.41, 5.74) is 0.867. The molecule has 1 atom stereocenters. The van der Waals surface area contributed by atoms with Crippen LogP contribution in [0, 0.1) is 0 Å². The summed E-state index contributed by atoms with van der Waals surface area (Å²) in [7, 11) is 0. The molecular weight excluding hydrogens is 266 g/mol. The van der Waals surface area contributed by atoms with E-state index in [0.717, 1.165) is 18.7 Å².